The number of hydrogen-bond acceptors (Lipinski definition) is 5. The van der Waals surface area contributed by atoms with Crippen LogP contribution in [0, 0.1) is 11.3 Å². The first-order chi connectivity index (χ1) is 9.12. The summed E-state index contributed by atoms with van der Waals surface area (Å²) in [4.78, 5) is 0.128. The number of nitrogens with zero attached hydrogens (tertiary/aromatic N) is 1. The first-order valence-corrected chi connectivity index (χ1v) is 7.29. The lowest BCUT2D eigenvalue weighted by Crippen LogP contribution is -2.39. The van der Waals surface area contributed by atoms with Gasteiger partial charge in [0.05, 0.1) is 42.5 Å². The molecule has 1 aromatic rings. The van der Waals surface area contributed by atoms with Crippen LogP contribution in [0.5, 0.6) is 0 Å². The van der Waals surface area contributed by atoms with Gasteiger partial charge in [-0.05, 0) is 24.3 Å². The molecule has 1 N–H and O–H groups in total. The molecule has 1 fully saturated rings. The summed E-state index contributed by atoms with van der Waals surface area (Å²) in [5.41, 5.74) is 0.419. The Hall–Kier alpha value is -1.46. The van der Waals surface area contributed by atoms with Crippen LogP contribution in [0.4, 0.5) is 0 Å². The molecule has 1 aliphatic heterocycles. The average molecular weight is 282 g/mol. The fourth-order valence-electron chi connectivity index (χ4n) is 1.65. The van der Waals surface area contributed by atoms with Gasteiger partial charge in [0.2, 0.25) is 10.0 Å². The van der Waals surface area contributed by atoms with Crippen molar-refractivity contribution in [1.29, 1.82) is 5.26 Å². The summed E-state index contributed by atoms with van der Waals surface area (Å²) < 4.78 is 37.0. The average Bonchev–Trinajstić information content (AvgIpc) is 2.46. The normalized spacial score (nSPS) is 19.8. The Labute approximate surface area is 112 Å². The van der Waals surface area contributed by atoms with E-state index in [-0.39, 0.29) is 17.5 Å². The molecule has 1 unspecified atom stereocenters. The minimum atomic E-state index is -3.58. The zero-order valence-corrected chi connectivity index (χ0v) is 11.0. The van der Waals surface area contributed by atoms with Gasteiger partial charge in [-0.1, -0.05) is 0 Å². The lowest BCUT2D eigenvalue weighted by atomic mass is 10.2. The molecule has 1 aliphatic rings. The summed E-state index contributed by atoms with van der Waals surface area (Å²) in [6.45, 7) is 1.57. The van der Waals surface area contributed by atoms with Gasteiger partial charge in [0.15, 0.2) is 0 Å². The Morgan fingerprint density at radius 3 is 2.63 bits per heavy atom. The van der Waals surface area contributed by atoms with Gasteiger partial charge in [0, 0.05) is 6.54 Å². The molecule has 0 radical (unpaired) electrons. The molecule has 0 bridgehead atoms. The second kappa shape index (κ2) is 6.12. The Balaban J connectivity index is 1.99. The van der Waals surface area contributed by atoms with Crippen molar-refractivity contribution >= 4 is 10.0 Å². The molecule has 6 nitrogen and oxygen atoms in total. The van der Waals surface area contributed by atoms with Crippen LogP contribution < -0.4 is 4.72 Å². The van der Waals surface area contributed by atoms with Crippen LogP contribution in [0.2, 0.25) is 0 Å². The predicted molar refractivity (Wildman–Crippen MR) is 66.9 cm³/mol. The highest BCUT2D eigenvalue weighted by molar-refractivity contribution is 7.89. The van der Waals surface area contributed by atoms with Crippen molar-refractivity contribution in [2.45, 2.75) is 11.0 Å². The van der Waals surface area contributed by atoms with E-state index in [0.717, 1.165) is 0 Å². The van der Waals surface area contributed by atoms with Crippen LogP contribution in [0.1, 0.15) is 5.56 Å². The van der Waals surface area contributed by atoms with Crippen molar-refractivity contribution < 1.29 is 17.9 Å². The van der Waals surface area contributed by atoms with Gasteiger partial charge in [0.1, 0.15) is 0 Å². The summed E-state index contributed by atoms with van der Waals surface area (Å²) in [5, 5.41) is 8.66. The smallest absolute Gasteiger partial charge is 0.240 e. The first kappa shape index (κ1) is 14.0. The molecule has 0 aliphatic carbocycles. The maximum Gasteiger partial charge on any atom is 0.240 e. The number of ether oxygens (including phenoxy) is 2. The van der Waals surface area contributed by atoms with Crippen molar-refractivity contribution in [2.75, 3.05) is 26.4 Å². The van der Waals surface area contributed by atoms with Crippen molar-refractivity contribution in [2.24, 2.45) is 0 Å². The molecule has 2 rings (SSSR count). The Morgan fingerprint density at radius 2 is 2.05 bits per heavy atom. The number of nitrogens with one attached hydrogen (secondary N) is 1. The second-order valence-electron chi connectivity index (χ2n) is 4.06. The van der Waals surface area contributed by atoms with Crippen LogP contribution >= 0.6 is 0 Å². The van der Waals surface area contributed by atoms with E-state index in [0.29, 0.717) is 25.4 Å². The fraction of sp³-hybridized carbons (Fsp3) is 0.417. The molecule has 1 heterocycles. The third-order valence-electron chi connectivity index (χ3n) is 2.68. The van der Waals surface area contributed by atoms with E-state index in [4.69, 9.17) is 14.7 Å². The van der Waals surface area contributed by atoms with E-state index in [2.05, 4.69) is 4.72 Å². The summed E-state index contributed by atoms with van der Waals surface area (Å²) >= 11 is 0. The lowest BCUT2D eigenvalue weighted by molar-refractivity contribution is -0.0846. The second-order valence-corrected chi connectivity index (χ2v) is 5.82. The van der Waals surface area contributed by atoms with Gasteiger partial charge >= 0.3 is 0 Å². The van der Waals surface area contributed by atoms with E-state index in [1.54, 1.807) is 0 Å². The van der Waals surface area contributed by atoms with Crippen LogP contribution in [-0.4, -0.2) is 40.9 Å². The maximum atomic E-state index is 12.0. The minimum absolute atomic E-state index is 0.128. The number of sulfonamides is 1. The van der Waals surface area contributed by atoms with Crippen LogP contribution in [0.15, 0.2) is 29.2 Å². The zero-order valence-electron chi connectivity index (χ0n) is 10.2. The van der Waals surface area contributed by atoms with E-state index >= 15 is 0 Å². The van der Waals surface area contributed by atoms with Crippen molar-refractivity contribution in [3.63, 3.8) is 0 Å². The molecule has 0 spiro atoms. The number of nitriles is 1. The summed E-state index contributed by atoms with van der Waals surface area (Å²) in [6.07, 6.45) is -0.262. The van der Waals surface area contributed by atoms with E-state index in [9.17, 15) is 8.42 Å². The zero-order chi connectivity index (χ0) is 13.7. The monoisotopic (exact) mass is 282 g/mol. The van der Waals surface area contributed by atoms with Gasteiger partial charge in [-0.25, -0.2) is 13.1 Å². The highest BCUT2D eigenvalue weighted by Crippen LogP contribution is 2.10. The van der Waals surface area contributed by atoms with Crippen LogP contribution in [-0.2, 0) is 19.5 Å². The molecule has 7 heteroatoms. The van der Waals surface area contributed by atoms with Crippen molar-refractivity contribution in [3.05, 3.63) is 29.8 Å². The Kier molecular flexibility index (Phi) is 4.50. The van der Waals surface area contributed by atoms with Gasteiger partial charge < -0.3 is 9.47 Å². The molecular weight excluding hydrogens is 268 g/mol. The van der Waals surface area contributed by atoms with Crippen LogP contribution in [0.25, 0.3) is 0 Å². The maximum absolute atomic E-state index is 12.0. The highest BCUT2D eigenvalue weighted by Gasteiger charge is 2.19. The topological polar surface area (TPSA) is 88.4 Å². The summed E-state index contributed by atoms with van der Waals surface area (Å²) in [6, 6.07) is 7.68. The van der Waals surface area contributed by atoms with Gasteiger partial charge in [-0.2, -0.15) is 5.26 Å². The molecule has 0 aromatic heterocycles. The molecule has 0 amide bonds. The molecule has 19 heavy (non-hydrogen) atoms. The van der Waals surface area contributed by atoms with Gasteiger partial charge in [0.25, 0.3) is 0 Å². The van der Waals surface area contributed by atoms with Gasteiger partial charge in [-0.3, -0.25) is 0 Å². The quantitative estimate of drug-likeness (QED) is 0.855. The van der Waals surface area contributed by atoms with Crippen molar-refractivity contribution in [3.8, 4) is 6.07 Å². The van der Waals surface area contributed by atoms with E-state index in [1.165, 1.54) is 24.3 Å². The molecule has 0 saturated carbocycles. The third-order valence-corrected chi connectivity index (χ3v) is 4.12. The van der Waals surface area contributed by atoms with Crippen LogP contribution in [0.3, 0.4) is 0 Å². The molecule has 1 saturated heterocycles. The number of hydrogen-bond donors (Lipinski definition) is 1. The summed E-state index contributed by atoms with van der Waals surface area (Å²) in [7, 11) is -3.58. The molecule has 1 aromatic carbocycles. The van der Waals surface area contributed by atoms with E-state index < -0.39 is 10.0 Å². The lowest BCUT2D eigenvalue weighted by Gasteiger charge is -2.23. The predicted octanol–water partition coefficient (Wildman–Crippen LogP) is 0.252. The highest BCUT2D eigenvalue weighted by atomic mass is 32.2. The van der Waals surface area contributed by atoms with Crippen molar-refractivity contribution in [1.82, 2.24) is 4.72 Å². The standard InChI is InChI=1S/C12H14N2O4S/c13-7-10-1-3-12(4-2-10)19(15,16)14-8-11-9-17-5-6-18-11/h1-4,11,14H,5-6,8-9H2. The largest absolute Gasteiger partial charge is 0.376 e. The molecule has 1 atom stereocenters. The number of benzene rings is 1. The number of rotatable bonds is 4. The minimum Gasteiger partial charge on any atom is -0.376 e. The molecule has 102 valence electrons. The Morgan fingerprint density at radius 1 is 1.32 bits per heavy atom. The summed E-state index contributed by atoms with van der Waals surface area (Å²) in [5.74, 6) is 0. The fourth-order valence-corrected chi connectivity index (χ4v) is 2.72. The SMILES string of the molecule is N#Cc1ccc(S(=O)(=O)NCC2COCCO2)cc1. The Bertz CT molecular complexity index is 556. The van der Waals surface area contributed by atoms with E-state index in [1.807, 2.05) is 6.07 Å². The first-order valence-electron chi connectivity index (χ1n) is 5.81. The third kappa shape index (κ3) is 3.75. The van der Waals surface area contributed by atoms with Gasteiger partial charge in [-0.15, -0.1) is 0 Å². The molecular formula is C12H14N2O4S.